The maximum absolute atomic E-state index is 4.20. The quantitative estimate of drug-likeness (QED) is 0.212. The molecule has 1 unspecified atom stereocenters. The number of thiol groups is 1. The number of rotatable bonds is 0. The van der Waals surface area contributed by atoms with Gasteiger partial charge in [-0.3, -0.25) is 5.32 Å². The molecule has 1 heterocycles. The molecule has 0 saturated carbocycles. The third-order valence-electron chi connectivity index (χ3n) is 0.675. The summed E-state index contributed by atoms with van der Waals surface area (Å²) in [6.45, 7) is 1.12. The van der Waals surface area contributed by atoms with Gasteiger partial charge in [0.25, 0.3) is 0 Å². The molecule has 37 valence electrons. The Morgan fingerprint density at radius 1 is 1.71 bits per heavy atom. The minimum atomic E-state index is 0. The molecule has 0 aliphatic carbocycles. The standard InChI is InChI=1S/C3H7NS2.Na/c5-6-2-1-4-3-6;/h3-5H,1-2H2;. The van der Waals surface area contributed by atoms with Gasteiger partial charge in [0.15, 0.2) is 0 Å². The molecule has 1 radical (unpaired) electrons. The van der Waals surface area contributed by atoms with Gasteiger partial charge in [0.1, 0.15) is 0 Å². The van der Waals surface area contributed by atoms with E-state index in [2.05, 4.69) is 17.0 Å². The third kappa shape index (κ3) is 3.16. The predicted molar refractivity (Wildman–Crippen MR) is 41.3 cm³/mol. The van der Waals surface area contributed by atoms with Gasteiger partial charge >= 0.3 is 0 Å². The monoisotopic (exact) mass is 144 g/mol. The Morgan fingerprint density at radius 2 is 2.43 bits per heavy atom. The maximum Gasteiger partial charge on any atom is 0.0115 e. The average molecular weight is 144 g/mol. The molecule has 1 N–H and O–H groups in total. The van der Waals surface area contributed by atoms with E-state index in [1.54, 1.807) is 0 Å². The number of hydrogen-bond donors (Lipinski definition) is 2. The Bertz CT molecular complexity index is 83.0. The van der Waals surface area contributed by atoms with E-state index in [0.717, 1.165) is 6.54 Å². The molecule has 1 atom stereocenters. The van der Waals surface area contributed by atoms with Crippen LogP contribution in [0, 0.1) is 0 Å². The molecular weight excluding hydrogens is 137 g/mol. The number of hydrogen-bond acceptors (Lipinski definition) is 2. The van der Waals surface area contributed by atoms with Crippen LogP contribution in [0.3, 0.4) is 0 Å². The molecule has 1 aliphatic heterocycles. The van der Waals surface area contributed by atoms with E-state index < -0.39 is 0 Å². The van der Waals surface area contributed by atoms with Crippen molar-refractivity contribution in [2.45, 2.75) is 0 Å². The Kier molecular flexibility index (Phi) is 5.38. The molecule has 1 nitrogen and oxygen atoms in total. The molecule has 0 amide bonds. The van der Waals surface area contributed by atoms with Crippen LogP contribution >= 0.6 is 21.2 Å². The second-order valence-electron chi connectivity index (χ2n) is 1.18. The van der Waals surface area contributed by atoms with Gasteiger partial charge in [0.2, 0.25) is 0 Å². The van der Waals surface area contributed by atoms with Gasteiger partial charge in [-0.15, -0.1) is 21.2 Å². The molecule has 0 spiro atoms. The first-order chi connectivity index (χ1) is 2.89. The van der Waals surface area contributed by atoms with Crippen LogP contribution in [0.5, 0.6) is 0 Å². The van der Waals surface area contributed by atoms with Gasteiger partial charge in [-0.25, -0.2) is 0 Å². The van der Waals surface area contributed by atoms with Crippen molar-refractivity contribution >= 4 is 56.2 Å². The third-order valence-corrected chi connectivity index (χ3v) is 2.60. The normalized spacial score (nSPS) is 28.4. The van der Waals surface area contributed by atoms with Crippen molar-refractivity contribution in [1.29, 1.82) is 0 Å². The van der Waals surface area contributed by atoms with Crippen molar-refractivity contribution in [2.75, 3.05) is 12.3 Å². The van der Waals surface area contributed by atoms with Crippen LogP contribution in [0.15, 0.2) is 0 Å². The summed E-state index contributed by atoms with van der Waals surface area (Å²) in [5.74, 6) is 1.21. The second-order valence-corrected chi connectivity index (χ2v) is 4.03. The number of nitrogens with one attached hydrogen (secondary N) is 1. The van der Waals surface area contributed by atoms with E-state index in [-0.39, 0.29) is 39.1 Å². The van der Waals surface area contributed by atoms with Gasteiger partial charge in [-0.2, -0.15) is 0 Å². The van der Waals surface area contributed by atoms with Crippen molar-refractivity contribution in [3.8, 4) is 0 Å². The van der Waals surface area contributed by atoms with Gasteiger partial charge in [-0.05, 0) is 0 Å². The van der Waals surface area contributed by atoms with Gasteiger partial charge in [0, 0.05) is 47.3 Å². The first-order valence-electron chi connectivity index (χ1n) is 1.85. The summed E-state index contributed by atoms with van der Waals surface area (Å²) in [4.78, 5) is 0. The fourth-order valence-electron chi connectivity index (χ4n) is 0.378. The molecule has 0 aromatic heterocycles. The maximum atomic E-state index is 4.20. The van der Waals surface area contributed by atoms with Crippen molar-refractivity contribution < 1.29 is 0 Å². The van der Waals surface area contributed by atoms with Crippen molar-refractivity contribution in [1.82, 2.24) is 5.32 Å². The van der Waals surface area contributed by atoms with Crippen LogP contribution in [-0.4, -0.2) is 47.3 Å². The molecule has 4 heteroatoms. The molecule has 0 fully saturated rings. The molecule has 7 heavy (non-hydrogen) atoms. The summed E-state index contributed by atoms with van der Waals surface area (Å²) >= 11 is 4.20. The molecule has 1 aliphatic rings. The van der Waals surface area contributed by atoms with Crippen LogP contribution in [0.1, 0.15) is 0 Å². The zero-order chi connectivity index (χ0) is 4.41. The van der Waals surface area contributed by atoms with Crippen LogP contribution in [-0.2, 0) is 0 Å². The zero-order valence-electron chi connectivity index (χ0n) is 4.35. The smallest absolute Gasteiger partial charge is 0.0115 e. The first kappa shape index (κ1) is 8.53. The van der Waals surface area contributed by atoms with Crippen molar-refractivity contribution in [3.05, 3.63) is 0 Å². The summed E-state index contributed by atoms with van der Waals surface area (Å²) in [6, 6.07) is 0. The molecule has 0 saturated heterocycles. The molecule has 0 aromatic carbocycles. The van der Waals surface area contributed by atoms with E-state index >= 15 is 0 Å². The van der Waals surface area contributed by atoms with E-state index in [1.807, 2.05) is 5.49 Å². The molecule has 1 rings (SSSR count). The van der Waals surface area contributed by atoms with E-state index in [1.165, 1.54) is 5.75 Å². The minimum Gasteiger partial charge on any atom is -0.289 e. The van der Waals surface area contributed by atoms with Gasteiger partial charge in [-0.1, -0.05) is 0 Å². The Morgan fingerprint density at radius 3 is 2.57 bits per heavy atom. The second kappa shape index (κ2) is 4.41. The summed E-state index contributed by atoms with van der Waals surface area (Å²) in [5, 5.41) is 3.08. The molecule has 0 bridgehead atoms. The SMILES string of the molecule is SS1=CNCC1.[Na]. The summed E-state index contributed by atoms with van der Waals surface area (Å²) in [5.41, 5.74) is 2.04. The fourth-order valence-corrected chi connectivity index (χ4v) is 1.63. The first-order valence-corrected chi connectivity index (χ1v) is 4.36. The van der Waals surface area contributed by atoms with E-state index in [4.69, 9.17) is 0 Å². The topological polar surface area (TPSA) is 12.0 Å². The Balaban J connectivity index is 0.000000360. The minimum absolute atomic E-state index is 0. The largest absolute Gasteiger partial charge is 0.289 e. The summed E-state index contributed by atoms with van der Waals surface area (Å²) in [7, 11) is 0.285. The Hall–Kier alpha value is 1.53. The van der Waals surface area contributed by atoms with Crippen LogP contribution in [0.4, 0.5) is 0 Å². The predicted octanol–water partition coefficient (Wildman–Crippen LogP) is 0.0822. The fraction of sp³-hybridized carbons (Fsp3) is 0.667. The van der Waals surface area contributed by atoms with E-state index in [9.17, 15) is 0 Å². The molecular formula is C3H7NNaS2. The van der Waals surface area contributed by atoms with Crippen LogP contribution in [0.2, 0.25) is 0 Å². The summed E-state index contributed by atoms with van der Waals surface area (Å²) < 4.78 is 0. The van der Waals surface area contributed by atoms with E-state index in [0.29, 0.717) is 0 Å². The molecule has 0 aromatic rings. The van der Waals surface area contributed by atoms with Gasteiger partial charge < -0.3 is 0 Å². The summed E-state index contributed by atoms with van der Waals surface area (Å²) in [6.07, 6.45) is 0. The van der Waals surface area contributed by atoms with Crippen LogP contribution in [0.25, 0.3) is 0 Å². The van der Waals surface area contributed by atoms with Gasteiger partial charge in [0.05, 0.1) is 0 Å². The zero-order valence-corrected chi connectivity index (χ0v) is 8.06. The van der Waals surface area contributed by atoms with Crippen molar-refractivity contribution in [3.63, 3.8) is 0 Å². The average Bonchev–Trinajstić information content (AvgIpc) is 1.86. The van der Waals surface area contributed by atoms with Crippen molar-refractivity contribution in [2.24, 2.45) is 0 Å². The Labute approximate surface area is 73.3 Å². The van der Waals surface area contributed by atoms with Crippen LogP contribution < -0.4 is 5.32 Å².